The third-order valence-electron chi connectivity index (χ3n) is 6.00. The molecule has 1 aliphatic heterocycles. The standard InChI is InChI=1S/C24H31ClN6OS/c1-30-9-11-31(12-10-30)8-2-6-27-16-22-20(25)14-21(33-22)24(32)29-15-17-3-4-19-18(13-17)5-7-28-23(19)26/h3-5,7,13-14,27H,2,6,8-12,15-16H2,1H3,(H2,26,28)(H,29,32). The van der Waals surface area contributed by atoms with Gasteiger partial charge in [-0.25, -0.2) is 4.98 Å². The zero-order valence-electron chi connectivity index (χ0n) is 18.9. The molecule has 1 fully saturated rings. The van der Waals surface area contributed by atoms with Gasteiger partial charge < -0.3 is 26.2 Å². The fourth-order valence-electron chi connectivity index (χ4n) is 3.97. The number of likely N-dealkylation sites (N-methyl/N-ethyl adjacent to an activating group) is 1. The van der Waals surface area contributed by atoms with Crippen LogP contribution in [0.2, 0.25) is 5.02 Å². The maximum absolute atomic E-state index is 12.7. The number of nitrogen functional groups attached to an aromatic ring is 1. The van der Waals surface area contributed by atoms with Crippen molar-refractivity contribution >= 4 is 45.4 Å². The van der Waals surface area contributed by atoms with Crippen molar-refractivity contribution in [2.45, 2.75) is 19.5 Å². The lowest BCUT2D eigenvalue weighted by molar-refractivity contribution is 0.0955. The number of nitrogens with one attached hydrogen (secondary N) is 2. The van der Waals surface area contributed by atoms with Gasteiger partial charge in [-0.05, 0) is 55.7 Å². The van der Waals surface area contributed by atoms with Gasteiger partial charge in [0.2, 0.25) is 0 Å². The van der Waals surface area contributed by atoms with Crippen molar-refractivity contribution in [2.75, 3.05) is 52.0 Å². The molecule has 4 rings (SSSR count). The van der Waals surface area contributed by atoms with E-state index in [-0.39, 0.29) is 5.91 Å². The minimum Gasteiger partial charge on any atom is -0.383 e. The summed E-state index contributed by atoms with van der Waals surface area (Å²) in [6, 6.07) is 9.59. The van der Waals surface area contributed by atoms with Crippen LogP contribution < -0.4 is 16.4 Å². The SMILES string of the molecule is CN1CCN(CCCNCc2sc(C(=O)NCc3ccc4c(N)nccc4c3)cc2Cl)CC1. The molecule has 0 unspecified atom stereocenters. The average molecular weight is 487 g/mol. The minimum absolute atomic E-state index is 0.113. The van der Waals surface area contributed by atoms with Crippen molar-refractivity contribution in [3.05, 3.63) is 56.9 Å². The molecule has 3 heterocycles. The van der Waals surface area contributed by atoms with E-state index in [1.165, 1.54) is 11.3 Å². The number of hydrogen-bond acceptors (Lipinski definition) is 7. The van der Waals surface area contributed by atoms with Crippen molar-refractivity contribution in [3.63, 3.8) is 0 Å². The van der Waals surface area contributed by atoms with Crippen molar-refractivity contribution in [1.82, 2.24) is 25.4 Å². The van der Waals surface area contributed by atoms with E-state index in [1.54, 1.807) is 12.3 Å². The lowest BCUT2D eigenvalue weighted by Crippen LogP contribution is -2.45. The number of nitrogens with zero attached hydrogens (tertiary/aromatic N) is 3. The van der Waals surface area contributed by atoms with Gasteiger partial charge in [-0.1, -0.05) is 23.7 Å². The van der Waals surface area contributed by atoms with Gasteiger partial charge in [-0.2, -0.15) is 0 Å². The van der Waals surface area contributed by atoms with Crippen molar-refractivity contribution in [3.8, 4) is 0 Å². The van der Waals surface area contributed by atoms with E-state index in [9.17, 15) is 4.79 Å². The van der Waals surface area contributed by atoms with Gasteiger partial charge >= 0.3 is 0 Å². The summed E-state index contributed by atoms with van der Waals surface area (Å²) in [5.74, 6) is 0.398. The van der Waals surface area contributed by atoms with E-state index in [4.69, 9.17) is 17.3 Å². The van der Waals surface area contributed by atoms with Crippen molar-refractivity contribution < 1.29 is 4.79 Å². The van der Waals surface area contributed by atoms with Crippen LogP contribution in [0.15, 0.2) is 36.5 Å². The number of anilines is 1. The van der Waals surface area contributed by atoms with Gasteiger partial charge in [-0.15, -0.1) is 11.3 Å². The van der Waals surface area contributed by atoms with Gasteiger partial charge in [0.25, 0.3) is 5.91 Å². The third kappa shape index (κ3) is 6.43. The quantitative estimate of drug-likeness (QED) is 0.403. The van der Waals surface area contributed by atoms with Crippen LogP contribution in [-0.4, -0.2) is 67.0 Å². The molecule has 33 heavy (non-hydrogen) atoms. The number of amides is 1. The van der Waals surface area contributed by atoms with E-state index < -0.39 is 0 Å². The summed E-state index contributed by atoms with van der Waals surface area (Å²) >= 11 is 7.84. The number of nitrogens with two attached hydrogens (primary N) is 1. The second kappa shape index (κ2) is 11.3. The van der Waals surface area contributed by atoms with Gasteiger partial charge in [0.1, 0.15) is 5.82 Å². The Bertz CT molecular complexity index is 1100. The zero-order valence-corrected chi connectivity index (χ0v) is 20.5. The summed E-state index contributed by atoms with van der Waals surface area (Å²) in [6.07, 6.45) is 2.79. The Morgan fingerprint density at radius 1 is 1.18 bits per heavy atom. The number of carbonyl (C=O) groups is 1. The third-order valence-corrected chi connectivity index (χ3v) is 7.59. The van der Waals surface area contributed by atoms with Gasteiger partial charge in [0.05, 0.1) is 9.90 Å². The maximum atomic E-state index is 12.7. The molecule has 1 saturated heterocycles. The second-order valence-electron chi connectivity index (χ2n) is 8.49. The van der Waals surface area contributed by atoms with Crippen LogP contribution in [0.5, 0.6) is 0 Å². The number of carbonyl (C=O) groups excluding carboxylic acids is 1. The number of benzene rings is 1. The molecule has 2 aromatic heterocycles. The molecule has 1 amide bonds. The molecular formula is C24H31ClN6OS. The summed E-state index contributed by atoms with van der Waals surface area (Å²) < 4.78 is 0. The maximum Gasteiger partial charge on any atom is 0.261 e. The summed E-state index contributed by atoms with van der Waals surface area (Å²) in [5.41, 5.74) is 6.92. The molecule has 0 aliphatic carbocycles. The lowest BCUT2D eigenvalue weighted by Gasteiger charge is -2.32. The highest BCUT2D eigenvalue weighted by molar-refractivity contribution is 7.14. The first-order chi connectivity index (χ1) is 16.0. The molecule has 0 bridgehead atoms. The predicted molar refractivity (Wildman–Crippen MR) is 137 cm³/mol. The normalized spacial score (nSPS) is 15.2. The van der Waals surface area contributed by atoms with E-state index in [0.717, 1.165) is 66.9 Å². The van der Waals surface area contributed by atoms with E-state index in [2.05, 4.69) is 32.5 Å². The fourth-order valence-corrected chi connectivity index (χ4v) is 5.26. The molecule has 0 atom stereocenters. The topological polar surface area (TPSA) is 86.5 Å². The smallest absolute Gasteiger partial charge is 0.261 e. The molecule has 0 saturated carbocycles. The Morgan fingerprint density at radius 2 is 2.00 bits per heavy atom. The molecule has 4 N–H and O–H groups in total. The number of fused-ring (bicyclic) bond motifs is 1. The number of rotatable bonds is 9. The van der Waals surface area contributed by atoms with Crippen LogP contribution in [0.1, 0.15) is 26.5 Å². The Balaban J connectivity index is 1.22. The van der Waals surface area contributed by atoms with Crippen LogP contribution in [-0.2, 0) is 13.1 Å². The summed E-state index contributed by atoms with van der Waals surface area (Å²) in [4.78, 5) is 23.3. The number of hydrogen-bond donors (Lipinski definition) is 3. The molecule has 7 nitrogen and oxygen atoms in total. The highest BCUT2D eigenvalue weighted by Gasteiger charge is 2.15. The first-order valence-corrected chi connectivity index (χ1v) is 12.5. The molecule has 9 heteroatoms. The van der Waals surface area contributed by atoms with Crippen LogP contribution in [0.4, 0.5) is 5.82 Å². The highest BCUT2D eigenvalue weighted by atomic mass is 35.5. The minimum atomic E-state index is -0.113. The molecule has 0 spiro atoms. The Hall–Kier alpha value is -2.23. The van der Waals surface area contributed by atoms with Gasteiger partial charge in [-0.3, -0.25) is 4.79 Å². The molecule has 0 radical (unpaired) electrons. The highest BCUT2D eigenvalue weighted by Crippen LogP contribution is 2.27. The first kappa shape index (κ1) is 23.9. The second-order valence-corrected chi connectivity index (χ2v) is 10.0. The van der Waals surface area contributed by atoms with E-state index in [1.807, 2.05) is 24.3 Å². The Morgan fingerprint density at radius 3 is 2.82 bits per heavy atom. The lowest BCUT2D eigenvalue weighted by atomic mass is 10.1. The molecule has 1 aliphatic rings. The molecule has 176 valence electrons. The van der Waals surface area contributed by atoms with E-state index >= 15 is 0 Å². The molecule has 1 aromatic carbocycles. The Labute approximate surface area is 203 Å². The van der Waals surface area contributed by atoms with Crippen molar-refractivity contribution in [1.29, 1.82) is 0 Å². The summed E-state index contributed by atoms with van der Waals surface area (Å²) in [6.45, 7) is 7.76. The zero-order chi connectivity index (χ0) is 23.2. The number of thiophene rings is 1. The van der Waals surface area contributed by atoms with Gasteiger partial charge in [0, 0.05) is 55.7 Å². The summed E-state index contributed by atoms with van der Waals surface area (Å²) in [7, 11) is 2.18. The average Bonchev–Trinajstić information content (AvgIpc) is 3.19. The van der Waals surface area contributed by atoms with Gasteiger partial charge in [0.15, 0.2) is 0 Å². The van der Waals surface area contributed by atoms with Crippen LogP contribution in [0.3, 0.4) is 0 Å². The number of piperazine rings is 1. The van der Waals surface area contributed by atoms with Crippen LogP contribution >= 0.6 is 22.9 Å². The number of aromatic nitrogens is 1. The van der Waals surface area contributed by atoms with Crippen molar-refractivity contribution in [2.24, 2.45) is 0 Å². The number of halogens is 1. The summed E-state index contributed by atoms with van der Waals surface area (Å²) in [5, 5.41) is 9.02. The fraction of sp³-hybridized carbons (Fsp3) is 0.417. The van der Waals surface area contributed by atoms with E-state index in [0.29, 0.717) is 28.8 Å². The molecular weight excluding hydrogens is 456 g/mol. The monoisotopic (exact) mass is 486 g/mol. The molecule has 3 aromatic rings. The predicted octanol–water partition coefficient (Wildman–Crippen LogP) is 3.19. The number of pyridine rings is 1. The van der Waals surface area contributed by atoms with Crippen LogP contribution in [0, 0.1) is 0 Å². The van der Waals surface area contributed by atoms with Crippen LogP contribution in [0.25, 0.3) is 10.8 Å². The largest absolute Gasteiger partial charge is 0.383 e. The Kier molecular flexibility index (Phi) is 8.16. The first-order valence-electron chi connectivity index (χ1n) is 11.3.